The first-order chi connectivity index (χ1) is 15.1. The average Bonchev–Trinajstić information content (AvgIpc) is 2.77. The SMILES string of the molecule is COc1cc2ccccc2cc1C(=O)Nc1ccc(C23CC4CC(CC(C4)C2)C3)cc1. The minimum absolute atomic E-state index is 0.134. The van der Waals surface area contributed by atoms with Gasteiger partial charge in [-0.3, -0.25) is 4.79 Å². The highest BCUT2D eigenvalue weighted by Gasteiger charge is 2.51. The van der Waals surface area contributed by atoms with E-state index in [4.69, 9.17) is 4.74 Å². The van der Waals surface area contributed by atoms with Gasteiger partial charge in [-0.15, -0.1) is 0 Å². The molecule has 1 N–H and O–H groups in total. The second kappa shape index (κ2) is 7.12. The predicted molar refractivity (Wildman–Crippen MR) is 125 cm³/mol. The van der Waals surface area contributed by atoms with Crippen molar-refractivity contribution >= 4 is 22.4 Å². The molecule has 4 saturated carbocycles. The van der Waals surface area contributed by atoms with Gasteiger partial charge in [-0.1, -0.05) is 36.4 Å². The summed E-state index contributed by atoms with van der Waals surface area (Å²) in [5, 5.41) is 5.18. The summed E-state index contributed by atoms with van der Waals surface area (Å²) in [4.78, 5) is 13.1. The summed E-state index contributed by atoms with van der Waals surface area (Å²) in [6.07, 6.45) is 8.46. The van der Waals surface area contributed by atoms with E-state index in [0.717, 1.165) is 34.2 Å². The molecule has 0 aromatic heterocycles. The molecule has 0 spiro atoms. The number of hydrogen-bond acceptors (Lipinski definition) is 2. The van der Waals surface area contributed by atoms with E-state index in [1.165, 1.54) is 44.1 Å². The van der Waals surface area contributed by atoms with Crippen molar-refractivity contribution in [3.05, 3.63) is 71.8 Å². The highest BCUT2D eigenvalue weighted by atomic mass is 16.5. The normalized spacial score (nSPS) is 28.6. The van der Waals surface area contributed by atoms with Crippen LogP contribution in [-0.2, 0) is 5.41 Å². The second-order valence-electron chi connectivity index (χ2n) is 10.1. The molecule has 158 valence electrons. The number of amides is 1. The molecule has 31 heavy (non-hydrogen) atoms. The number of rotatable bonds is 4. The third-order valence-corrected chi connectivity index (χ3v) is 8.11. The van der Waals surface area contributed by atoms with E-state index < -0.39 is 0 Å². The smallest absolute Gasteiger partial charge is 0.259 e. The number of methoxy groups -OCH3 is 1. The van der Waals surface area contributed by atoms with E-state index in [0.29, 0.717) is 16.7 Å². The standard InChI is InChI=1S/C28H29NO2/c1-31-26-14-22-5-3-2-4-21(22)13-25(26)27(30)29-24-8-6-23(7-9-24)28-15-18-10-19(16-28)12-20(11-18)17-28/h2-9,13-14,18-20H,10-12,15-17H2,1H3,(H,29,30). The molecule has 0 heterocycles. The first-order valence-electron chi connectivity index (χ1n) is 11.6. The van der Waals surface area contributed by atoms with Crippen molar-refractivity contribution in [3.8, 4) is 5.75 Å². The molecule has 0 aliphatic heterocycles. The maximum Gasteiger partial charge on any atom is 0.259 e. The Morgan fingerprint density at radius 1 is 0.871 bits per heavy atom. The quantitative estimate of drug-likeness (QED) is 0.527. The molecule has 7 rings (SSSR count). The Hall–Kier alpha value is -2.81. The van der Waals surface area contributed by atoms with Crippen molar-refractivity contribution in [3.63, 3.8) is 0 Å². The molecule has 4 bridgehead atoms. The lowest BCUT2D eigenvalue weighted by atomic mass is 9.48. The van der Waals surface area contributed by atoms with Gasteiger partial charge in [0, 0.05) is 5.69 Å². The molecule has 4 aliphatic rings. The van der Waals surface area contributed by atoms with Crippen molar-refractivity contribution < 1.29 is 9.53 Å². The highest BCUT2D eigenvalue weighted by Crippen LogP contribution is 2.60. The number of anilines is 1. The predicted octanol–water partition coefficient (Wildman–Crippen LogP) is 6.57. The zero-order valence-electron chi connectivity index (χ0n) is 18.1. The summed E-state index contributed by atoms with van der Waals surface area (Å²) in [5.41, 5.74) is 3.27. The van der Waals surface area contributed by atoms with Crippen LogP contribution in [0.3, 0.4) is 0 Å². The van der Waals surface area contributed by atoms with Crippen molar-refractivity contribution in [2.45, 2.75) is 43.9 Å². The van der Waals surface area contributed by atoms with E-state index in [1.807, 2.05) is 36.4 Å². The molecule has 0 unspecified atom stereocenters. The van der Waals surface area contributed by atoms with Crippen molar-refractivity contribution in [2.75, 3.05) is 12.4 Å². The maximum atomic E-state index is 13.1. The summed E-state index contributed by atoms with van der Waals surface area (Å²) in [7, 11) is 1.61. The fraction of sp³-hybridized carbons (Fsp3) is 0.393. The van der Waals surface area contributed by atoms with Gasteiger partial charge in [0.2, 0.25) is 0 Å². The average molecular weight is 412 g/mol. The van der Waals surface area contributed by atoms with Gasteiger partial charge in [0.05, 0.1) is 12.7 Å². The Morgan fingerprint density at radius 2 is 1.45 bits per heavy atom. The molecule has 4 fully saturated rings. The van der Waals surface area contributed by atoms with E-state index in [1.54, 1.807) is 7.11 Å². The number of carbonyl (C=O) groups is 1. The van der Waals surface area contributed by atoms with Crippen LogP contribution in [0.25, 0.3) is 10.8 Å². The first kappa shape index (κ1) is 18.9. The third-order valence-electron chi connectivity index (χ3n) is 8.11. The monoisotopic (exact) mass is 411 g/mol. The first-order valence-corrected chi connectivity index (χ1v) is 11.6. The number of fused-ring (bicyclic) bond motifs is 1. The fourth-order valence-electron chi connectivity index (χ4n) is 7.14. The van der Waals surface area contributed by atoms with E-state index in [2.05, 4.69) is 29.6 Å². The van der Waals surface area contributed by atoms with Gasteiger partial charge < -0.3 is 10.1 Å². The topological polar surface area (TPSA) is 38.3 Å². The molecule has 0 saturated heterocycles. The van der Waals surface area contributed by atoms with Crippen molar-refractivity contribution in [2.24, 2.45) is 17.8 Å². The van der Waals surface area contributed by atoms with Crippen LogP contribution in [0.4, 0.5) is 5.69 Å². The Balaban J connectivity index is 1.24. The molecular formula is C28H29NO2. The Kier molecular flexibility index (Phi) is 4.34. The van der Waals surface area contributed by atoms with E-state index in [-0.39, 0.29) is 5.91 Å². The van der Waals surface area contributed by atoms with Gasteiger partial charge >= 0.3 is 0 Å². The third kappa shape index (κ3) is 3.22. The van der Waals surface area contributed by atoms with Gasteiger partial charge in [0.15, 0.2) is 0 Å². The van der Waals surface area contributed by atoms with Gasteiger partial charge in [-0.05, 0) is 102 Å². The van der Waals surface area contributed by atoms with E-state index in [9.17, 15) is 4.79 Å². The Bertz CT molecular complexity index is 1110. The summed E-state index contributed by atoms with van der Waals surface area (Å²) < 4.78 is 5.51. The maximum absolute atomic E-state index is 13.1. The highest BCUT2D eigenvalue weighted by molar-refractivity contribution is 6.08. The Labute approximate surface area is 183 Å². The fourth-order valence-corrected chi connectivity index (χ4v) is 7.14. The largest absolute Gasteiger partial charge is 0.496 e. The number of benzene rings is 3. The molecule has 3 nitrogen and oxygen atoms in total. The zero-order valence-corrected chi connectivity index (χ0v) is 18.1. The molecule has 3 aromatic carbocycles. The minimum atomic E-state index is -0.134. The lowest BCUT2D eigenvalue weighted by Crippen LogP contribution is -2.48. The van der Waals surface area contributed by atoms with Crippen molar-refractivity contribution in [1.29, 1.82) is 0 Å². The molecule has 0 atom stereocenters. The molecular weight excluding hydrogens is 382 g/mol. The Morgan fingerprint density at radius 3 is 2.03 bits per heavy atom. The van der Waals surface area contributed by atoms with Crippen LogP contribution in [0.5, 0.6) is 5.75 Å². The van der Waals surface area contributed by atoms with Crippen LogP contribution in [0.2, 0.25) is 0 Å². The molecule has 3 heteroatoms. The molecule has 0 radical (unpaired) electrons. The van der Waals surface area contributed by atoms with Crippen molar-refractivity contribution in [1.82, 2.24) is 0 Å². The van der Waals surface area contributed by atoms with Crippen LogP contribution in [0, 0.1) is 17.8 Å². The molecule has 3 aromatic rings. The summed E-state index contributed by atoms with van der Waals surface area (Å²) in [5.74, 6) is 3.27. The zero-order chi connectivity index (χ0) is 21.0. The number of ether oxygens (including phenoxy) is 1. The van der Waals surface area contributed by atoms with Gasteiger partial charge in [0.25, 0.3) is 5.91 Å². The van der Waals surface area contributed by atoms with Crippen LogP contribution in [-0.4, -0.2) is 13.0 Å². The van der Waals surface area contributed by atoms with Crippen LogP contribution in [0.15, 0.2) is 60.7 Å². The van der Waals surface area contributed by atoms with Gasteiger partial charge in [0.1, 0.15) is 5.75 Å². The number of hydrogen-bond donors (Lipinski definition) is 1. The minimum Gasteiger partial charge on any atom is -0.496 e. The lowest BCUT2D eigenvalue weighted by molar-refractivity contribution is -0.00518. The van der Waals surface area contributed by atoms with Crippen LogP contribution < -0.4 is 10.1 Å². The summed E-state index contributed by atoms with van der Waals surface area (Å²) in [6, 6.07) is 20.6. The van der Waals surface area contributed by atoms with Crippen LogP contribution in [0.1, 0.15) is 54.4 Å². The van der Waals surface area contributed by atoms with Crippen LogP contribution >= 0.6 is 0 Å². The lowest BCUT2D eigenvalue weighted by Gasteiger charge is -2.57. The number of nitrogens with one attached hydrogen (secondary N) is 1. The second-order valence-corrected chi connectivity index (χ2v) is 10.1. The number of carbonyl (C=O) groups excluding carboxylic acids is 1. The molecule has 1 amide bonds. The summed E-state index contributed by atoms with van der Waals surface area (Å²) in [6.45, 7) is 0. The molecule has 4 aliphatic carbocycles. The van der Waals surface area contributed by atoms with Gasteiger partial charge in [-0.2, -0.15) is 0 Å². The summed E-state index contributed by atoms with van der Waals surface area (Å²) >= 11 is 0. The van der Waals surface area contributed by atoms with Gasteiger partial charge in [-0.25, -0.2) is 0 Å². The van der Waals surface area contributed by atoms with E-state index >= 15 is 0 Å².